The fourth-order valence-electron chi connectivity index (χ4n) is 3.38. The van der Waals surface area contributed by atoms with Crippen molar-refractivity contribution in [2.24, 2.45) is 0 Å². The Balaban J connectivity index is 1.48. The Kier molecular flexibility index (Phi) is 5.37. The zero-order valence-corrected chi connectivity index (χ0v) is 18.4. The van der Waals surface area contributed by atoms with Crippen molar-refractivity contribution in [3.63, 3.8) is 0 Å². The van der Waals surface area contributed by atoms with Crippen molar-refractivity contribution in [1.82, 2.24) is 9.97 Å². The lowest BCUT2D eigenvalue weighted by Crippen LogP contribution is -2.12. The normalized spacial score (nSPS) is 11.6. The Labute approximate surface area is 181 Å². The average Bonchev–Trinajstić information content (AvgIpc) is 3.11. The third kappa shape index (κ3) is 4.83. The molecule has 1 aromatic heterocycles. The number of hydrogen-bond donors (Lipinski definition) is 2. The van der Waals surface area contributed by atoms with Gasteiger partial charge in [-0.1, -0.05) is 12.1 Å². The second kappa shape index (κ2) is 8.00. The van der Waals surface area contributed by atoms with E-state index >= 15 is 0 Å². The maximum Gasteiger partial charge on any atom is 0.255 e. The van der Waals surface area contributed by atoms with Crippen LogP contribution >= 0.6 is 0 Å². The molecule has 0 radical (unpaired) electrons. The van der Waals surface area contributed by atoms with Gasteiger partial charge in [0.1, 0.15) is 5.82 Å². The van der Waals surface area contributed by atoms with E-state index in [9.17, 15) is 13.2 Å². The van der Waals surface area contributed by atoms with E-state index in [1.165, 1.54) is 17.4 Å². The number of sulfone groups is 1. The molecule has 4 aromatic rings. The Morgan fingerprint density at radius 2 is 1.61 bits per heavy atom. The highest BCUT2D eigenvalue weighted by atomic mass is 32.2. The minimum atomic E-state index is -3.11. The minimum absolute atomic E-state index is 0.0444. The number of nitrogens with one attached hydrogen (secondary N) is 2. The summed E-state index contributed by atoms with van der Waals surface area (Å²) in [6, 6.07) is 18.2. The van der Waals surface area contributed by atoms with Gasteiger partial charge >= 0.3 is 0 Å². The molecule has 3 aromatic carbocycles. The largest absolute Gasteiger partial charge is 0.338 e. The molecule has 0 saturated heterocycles. The Hall–Kier alpha value is -3.45. The number of imidazole rings is 1. The fourth-order valence-corrected chi connectivity index (χ4v) is 4.17. The van der Waals surface area contributed by atoms with E-state index in [2.05, 4.69) is 41.3 Å². The summed E-state index contributed by atoms with van der Waals surface area (Å²) in [6.45, 7) is 4.14. The van der Waals surface area contributed by atoms with Crippen molar-refractivity contribution in [2.75, 3.05) is 11.6 Å². The molecule has 0 atom stereocenters. The molecule has 1 heterocycles. The number of H-pyrrole nitrogens is 1. The molecule has 1 amide bonds. The number of aryl methyl sites for hydroxylation is 2. The van der Waals surface area contributed by atoms with Crippen LogP contribution in [0.1, 0.15) is 27.0 Å². The minimum Gasteiger partial charge on any atom is -0.338 e. The van der Waals surface area contributed by atoms with Gasteiger partial charge in [0.2, 0.25) is 0 Å². The lowest BCUT2D eigenvalue weighted by molar-refractivity contribution is 0.102. The molecular weight excluding hydrogens is 410 g/mol. The fraction of sp³-hybridized carbons (Fsp3) is 0.167. The van der Waals surface area contributed by atoms with Crippen LogP contribution in [0.25, 0.3) is 22.4 Å². The number of carbonyl (C=O) groups is 1. The summed E-state index contributed by atoms with van der Waals surface area (Å²) in [6.07, 6.45) is 1.19. The van der Waals surface area contributed by atoms with Crippen LogP contribution in [0, 0.1) is 13.8 Å². The second-order valence-corrected chi connectivity index (χ2v) is 9.98. The second-order valence-electron chi connectivity index (χ2n) is 7.84. The smallest absolute Gasteiger partial charge is 0.255 e. The van der Waals surface area contributed by atoms with Gasteiger partial charge in [-0.15, -0.1) is 0 Å². The van der Waals surface area contributed by atoms with Gasteiger partial charge in [-0.25, -0.2) is 13.4 Å². The van der Waals surface area contributed by atoms with Gasteiger partial charge in [0.05, 0.1) is 16.8 Å². The van der Waals surface area contributed by atoms with Crippen molar-refractivity contribution in [2.45, 2.75) is 19.6 Å². The third-order valence-electron chi connectivity index (χ3n) is 5.16. The lowest BCUT2D eigenvalue weighted by Gasteiger charge is -2.07. The molecule has 0 fully saturated rings. The van der Waals surface area contributed by atoms with E-state index in [1.54, 1.807) is 24.3 Å². The van der Waals surface area contributed by atoms with Crippen molar-refractivity contribution in [3.05, 3.63) is 82.9 Å². The number of rotatable bonds is 5. The molecule has 158 valence electrons. The van der Waals surface area contributed by atoms with E-state index in [0.29, 0.717) is 16.8 Å². The van der Waals surface area contributed by atoms with Crippen LogP contribution in [-0.4, -0.2) is 30.5 Å². The van der Waals surface area contributed by atoms with E-state index in [1.807, 2.05) is 24.3 Å². The summed E-state index contributed by atoms with van der Waals surface area (Å²) in [5, 5.41) is 2.86. The molecule has 7 heteroatoms. The monoisotopic (exact) mass is 433 g/mol. The van der Waals surface area contributed by atoms with Gasteiger partial charge in [0.25, 0.3) is 5.91 Å². The summed E-state index contributed by atoms with van der Waals surface area (Å²) in [7, 11) is -3.11. The van der Waals surface area contributed by atoms with Crippen molar-refractivity contribution in [1.29, 1.82) is 0 Å². The highest BCUT2D eigenvalue weighted by Crippen LogP contribution is 2.24. The van der Waals surface area contributed by atoms with Crippen LogP contribution in [0.4, 0.5) is 5.69 Å². The Morgan fingerprint density at radius 1 is 0.968 bits per heavy atom. The number of nitrogens with zero attached hydrogens (tertiary/aromatic N) is 1. The first-order chi connectivity index (χ1) is 14.7. The lowest BCUT2D eigenvalue weighted by atomic mass is 10.1. The molecule has 4 rings (SSSR count). The molecule has 0 aliphatic rings. The number of carbonyl (C=O) groups excluding carboxylic acids is 1. The predicted molar refractivity (Wildman–Crippen MR) is 124 cm³/mol. The molecule has 6 nitrogen and oxygen atoms in total. The maximum atomic E-state index is 12.5. The van der Waals surface area contributed by atoms with E-state index in [-0.39, 0.29) is 11.7 Å². The molecule has 0 aliphatic carbocycles. The van der Waals surface area contributed by atoms with E-state index in [0.717, 1.165) is 22.4 Å². The predicted octanol–water partition coefficient (Wildman–Crippen LogP) is 4.64. The number of aromatic amines is 1. The molecular formula is C24H23N3O3S. The number of fused-ring (bicyclic) bond motifs is 1. The van der Waals surface area contributed by atoms with Gasteiger partial charge in [0, 0.05) is 23.1 Å². The van der Waals surface area contributed by atoms with Crippen molar-refractivity contribution < 1.29 is 13.2 Å². The number of amides is 1. The summed E-state index contributed by atoms with van der Waals surface area (Å²) >= 11 is 0. The number of aromatic nitrogens is 2. The quantitative estimate of drug-likeness (QED) is 0.479. The Morgan fingerprint density at radius 3 is 2.26 bits per heavy atom. The summed E-state index contributed by atoms with van der Waals surface area (Å²) < 4.78 is 22.8. The van der Waals surface area contributed by atoms with Crippen LogP contribution in [0.5, 0.6) is 0 Å². The zero-order chi connectivity index (χ0) is 22.2. The van der Waals surface area contributed by atoms with Crippen LogP contribution < -0.4 is 5.32 Å². The van der Waals surface area contributed by atoms with Gasteiger partial charge in [-0.2, -0.15) is 0 Å². The van der Waals surface area contributed by atoms with Crippen LogP contribution in [0.2, 0.25) is 0 Å². The summed E-state index contributed by atoms with van der Waals surface area (Å²) in [5.41, 5.74) is 7.04. The van der Waals surface area contributed by atoms with Crippen molar-refractivity contribution >= 4 is 32.5 Å². The molecule has 0 spiro atoms. The van der Waals surface area contributed by atoms with Gasteiger partial charge in [-0.3, -0.25) is 4.79 Å². The molecule has 0 unspecified atom stereocenters. The van der Waals surface area contributed by atoms with Crippen LogP contribution in [0.15, 0.2) is 60.7 Å². The first-order valence-electron chi connectivity index (χ1n) is 9.83. The van der Waals surface area contributed by atoms with Crippen LogP contribution in [0.3, 0.4) is 0 Å². The number of benzene rings is 3. The van der Waals surface area contributed by atoms with Gasteiger partial charge in [-0.05, 0) is 79.1 Å². The Bertz CT molecular complexity index is 1330. The van der Waals surface area contributed by atoms with Gasteiger partial charge in [0.15, 0.2) is 9.84 Å². The number of hydrogen-bond acceptors (Lipinski definition) is 4. The first-order valence-corrected chi connectivity index (χ1v) is 11.9. The van der Waals surface area contributed by atoms with E-state index in [4.69, 9.17) is 0 Å². The maximum absolute atomic E-state index is 12.5. The first kappa shape index (κ1) is 20.8. The highest BCUT2D eigenvalue weighted by Gasteiger charge is 2.10. The molecule has 31 heavy (non-hydrogen) atoms. The van der Waals surface area contributed by atoms with Gasteiger partial charge < -0.3 is 10.3 Å². The van der Waals surface area contributed by atoms with E-state index < -0.39 is 9.84 Å². The average molecular weight is 434 g/mol. The third-order valence-corrected chi connectivity index (χ3v) is 6.02. The summed E-state index contributed by atoms with van der Waals surface area (Å²) in [4.78, 5) is 20.5. The van der Waals surface area contributed by atoms with Crippen molar-refractivity contribution in [3.8, 4) is 11.4 Å². The van der Waals surface area contributed by atoms with Crippen LogP contribution in [-0.2, 0) is 15.6 Å². The molecule has 0 bridgehead atoms. The SMILES string of the molecule is Cc1cc2nc(-c3ccc(NC(=O)c4ccc(CS(C)(=O)=O)cc4)cc3)[nH]c2cc1C. The summed E-state index contributed by atoms with van der Waals surface area (Å²) in [5.74, 6) is 0.477. The zero-order valence-electron chi connectivity index (χ0n) is 17.6. The molecule has 2 N–H and O–H groups in total. The molecule has 0 saturated carbocycles. The highest BCUT2D eigenvalue weighted by molar-refractivity contribution is 7.89. The molecule has 0 aliphatic heterocycles. The number of anilines is 1. The topological polar surface area (TPSA) is 91.9 Å². The standard InChI is InChI=1S/C24H23N3O3S/c1-15-12-21-22(13-16(15)2)27-23(26-21)18-8-10-20(11-9-18)25-24(28)19-6-4-17(5-7-19)14-31(3,29)30/h4-13H,14H2,1-3H3,(H,25,28)(H,26,27).